The van der Waals surface area contributed by atoms with Gasteiger partial charge in [0, 0.05) is 31.2 Å². The molecule has 4 rings (SSSR count). The number of hydrogen-bond acceptors (Lipinski definition) is 6. The number of fused-ring (bicyclic) bond motifs is 1. The number of nitrogens with zero attached hydrogens (tertiary/aromatic N) is 2. The van der Waals surface area contributed by atoms with Crippen LogP contribution in [0, 0.1) is 6.92 Å². The molecule has 0 saturated heterocycles. The monoisotopic (exact) mass is 403 g/mol. The van der Waals surface area contributed by atoms with E-state index < -0.39 is 5.97 Å². The van der Waals surface area contributed by atoms with Crippen molar-refractivity contribution in [2.24, 2.45) is 0 Å². The van der Waals surface area contributed by atoms with E-state index in [0.717, 1.165) is 16.9 Å². The van der Waals surface area contributed by atoms with Gasteiger partial charge in [0.25, 0.3) is 0 Å². The second-order valence-electron chi connectivity index (χ2n) is 7.37. The van der Waals surface area contributed by atoms with Gasteiger partial charge in [0.2, 0.25) is 0 Å². The molecule has 0 saturated carbocycles. The number of rotatable bonds is 6. The van der Waals surface area contributed by atoms with Crippen LogP contribution in [0.25, 0.3) is 0 Å². The Balaban J connectivity index is 1.48. The molecule has 1 aliphatic heterocycles. The van der Waals surface area contributed by atoms with Crippen LogP contribution in [0.5, 0.6) is 0 Å². The van der Waals surface area contributed by atoms with E-state index in [1.165, 1.54) is 18.2 Å². The second-order valence-corrected chi connectivity index (χ2v) is 7.37. The predicted molar refractivity (Wildman–Crippen MR) is 117 cm³/mol. The van der Waals surface area contributed by atoms with Crippen molar-refractivity contribution in [3.05, 3.63) is 83.2 Å². The Labute approximate surface area is 176 Å². The van der Waals surface area contributed by atoms with Crippen LogP contribution >= 0.6 is 0 Å². The lowest BCUT2D eigenvalue weighted by Gasteiger charge is -2.21. The number of pyridine rings is 1. The van der Waals surface area contributed by atoms with Gasteiger partial charge in [-0.15, -0.1) is 0 Å². The van der Waals surface area contributed by atoms with E-state index in [1.54, 1.807) is 18.5 Å². The Bertz CT molecular complexity index is 1050. The summed E-state index contributed by atoms with van der Waals surface area (Å²) >= 11 is 0. The Morgan fingerprint density at radius 1 is 1.20 bits per heavy atom. The van der Waals surface area contributed by atoms with Crippen LogP contribution < -0.4 is 10.2 Å². The number of nitrogens with one attached hydrogen (secondary N) is 1. The van der Waals surface area contributed by atoms with Gasteiger partial charge in [0.15, 0.2) is 0 Å². The summed E-state index contributed by atoms with van der Waals surface area (Å²) in [5, 5.41) is 3.28. The standard InChI is InChI=1S/C24H25N3O3/c1-16-4-6-18(7-5-16)27(2)19-8-9-20-17(12-19)15-30-23(20)14-26-22-13-25-11-10-21(22)24(28)29-3/h4-13,23,26H,14-15H2,1-3H3. The number of hydrogen-bond donors (Lipinski definition) is 1. The fraction of sp³-hybridized carbons (Fsp3) is 0.250. The van der Waals surface area contributed by atoms with Crippen molar-refractivity contribution < 1.29 is 14.3 Å². The maximum atomic E-state index is 11.9. The lowest BCUT2D eigenvalue weighted by molar-refractivity contribution is 0.0600. The normalized spacial score (nSPS) is 14.8. The number of ether oxygens (including phenoxy) is 2. The Kier molecular flexibility index (Phi) is 5.68. The fourth-order valence-corrected chi connectivity index (χ4v) is 3.63. The molecule has 3 aromatic rings. The van der Waals surface area contributed by atoms with Gasteiger partial charge >= 0.3 is 5.97 Å². The molecule has 0 aliphatic carbocycles. The number of anilines is 3. The molecule has 1 unspecified atom stereocenters. The van der Waals surface area contributed by atoms with Crippen molar-refractivity contribution in [3.63, 3.8) is 0 Å². The van der Waals surface area contributed by atoms with E-state index in [0.29, 0.717) is 24.4 Å². The number of methoxy groups -OCH3 is 1. The minimum Gasteiger partial charge on any atom is -0.465 e. The van der Waals surface area contributed by atoms with Gasteiger partial charge in [-0.05, 0) is 48.4 Å². The molecule has 1 N–H and O–H groups in total. The Hall–Kier alpha value is -3.38. The van der Waals surface area contributed by atoms with Crippen molar-refractivity contribution in [1.29, 1.82) is 0 Å². The van der Waals surface area contributed by atoms with Gasteiger partial charge in [-0.25, -0.2) is 4.79 Å². The number of benzene rings is 2. The highest BCUT2D eigenvalue weighted by molar-refractivity contribution is 5.95. The molecule has 0 bridgehead atoms. The second kappa shape index (κ2) is 8.55. The van der Waals surface area contributed by atoms with Gasteiger partial charge < -0.3 is 19.7 Å². The van der Waals surface area contributed by atoms with Gasteiger partial charge in [-0.1, -0.05) is 23.8 Å². The van der Waals surface area contributed by atoms with E-state index in [2.05, 4.69) is 71.6 Å². The first-order chi connectivity index (χ1) is 14.6. The van der Waals surface area contributed by atoms with E-state index in [1.807, 2.05) is 0 Å². The molecule has 2 aromatic carbocycles. The largest absolute Gasteiger partial charge is 0.465 e. The Morgan fingerprint density at radius 2 is 1.97 bits per heavy atom. The SMILES string of the molecule is COC(=O)c1ccncc1NCC1OCc2cc(N(C)c3ccc(C)cc3)ccc21. The molecule has 154 valence electrons. The van der Waals surface area contributed by atoms with Crippen molar-refractivity contribution in [2.75, 3.05) is 30.9 Å². The van der Waals surface area contributed by atoms with Crippen molar-refractivity contribution >= 4 is 23.0 Å². The van der Waals surface area contributed by atoms with Crippen LogP contribution in [0.3, 0.4) is 0 Å². The van der Waals surface area contributed by atoms with Crippen LogP contribution in [0.1, 0.15) is 33.2 Å². The summed E-state index contributed by atoms with van der Waals surface area (Å²) in [6.45, 7) is 3.19. The predicted octanol–water partition coefficient (Wildman–Crippen LogP) is 4.63. The maximum absolute atomic E-state index is 11.9. The molecular weight excluding hydrogens is 378 g/mol. The smallest absolute Gasteiger partial charge is 0.340 e. The molecule has 2 heterocycles. The lowest BCUT2D eigenvalue weighted by atomic mass is 10.0. The first-order valence-corrected chi connectivity index (χ1v) is 9.88. The lowest BCUT2D eigenvalue weighted by Crippen LogP contribution is -2.15. The van der Waals surface area contributed by atoms with Crippen LogP contribution in [0.4, 0.5) is 17.1 Å². The summed E-state index contributed by atoms with van der Waals surface area (Å²) < 4.78 is 10.9. The van der Waals surface area contributed by atoms with Gasteiger partial charge in [-0.3, -0.25) is 4.98 Å². The molecule has 0 amide bonds. The third kappa shape index (κ3) is 4.00. The first-order valence-electron chi connectivity index (χ1n) is 9.88. The highest BCUT2D eigenvalue weighted by atomic mass is 16.5. The number of aryl methyl sites for hydroxylation is 1. The number of esters is 1. The molecule has 0 spiro atoms. The van der Waals surface area contributed by atoms with Crippen molar-refractivity contribution in [2.45, 2.75) is 19.6 Å². The van der Waals surface area contributed by atoms with Crippen molar-refractivity contribution in [3.8, 4) is 0 Å². The van der Waals surface area contributed by atoms with Gasteiger partial charge in [0.1, 0.15) is 6.10 Å². The zero-order chi connectivity index (χ0) is 21.1. The topological polar surface area (TPSA) is 63.7 Å². The molecule has 6 nitrogen and oxygen atoms in total. The summed E-state index contributed by atoms with van der Waals surface area (Å²) in [5.41, 5.74) is 6.94. The van der Waals surface area contributed by atoms with E-state index >= 15 is 0 Å². The number of carbonyl (C=O) groups excluding carboxylic acids is 1. The zero-order valence-corrected chi connectivity index (χ0v) is 17.4. The molecule has 0 radical (unpaired) electrons. The molecule has 6 heteroatoms. The van der Waals surface area contributed by atoms with Crippen LogP contribution in [-0.4, -0.2) is 31.7 Å². The third-order valence-electron chi connectivity index (χ3n) is 5.43. The van der Waals surface area contributed by atoms with E-state index in [9.17, 15) is 4.79 Å². The van der Waals surface area contributed by atoms with Crippen LogP contribution in [0.15, 0.2) is 60.9 Å². The highest BCUT2D eigenvalue weighted by Gasteiger charge is 2.24. The van der Waals surface area contributed by atoms with E-state index in [4.69, 9.17) is 9.47 Å². The molecular formula is C24H25N3O3. The van der Waals surface area contributed by atoms with Crippen molar-refractivity contribution in [1.82, 2.24) is 4.98 Å². The van der Waals surface area contributed by atoms with Crippen LogP contribution in [-0.2, 0) is 16.1 Å². The third-order valence-corrected chi connectivity index (χ3v) is 5.43. The Morgan fingerprint density at radius 3 is 2.73 bits per heavy atom. The number of carbonyl (C=O) groups is 1. The average Bonchev–Trinajstić information content (AvgIpc) is 3.19. The zero-order valence-electron chi connectivity index (χ0n) is 17.4. The van der Waals surface area contributed by atoms with Gasteiger partial charge in [-0.2, -0.15) is 0 Å². The molecule has 0 fully saturated rings. The van der Waals surface area contributed by atoms with Crippen LogP contribution in [0.2, 0.25) is 0 Å². The minimum absolute atomic E-state index is 0.0931. The first kappa shape index (κ1) is 19.9. The average molecular weight is 403 g/mol. The number of aromatic nitrogens is 1. The quantitative estimate of drug-likeness (QED) is 0.606. The maximum Gasteiger partial charge on any atom is 0.340 e. The summed E-state index contributed by atoms with van der Waals surface area (Å²) in [6, 6.07) is 16.5. The molecule has 1 aromatic heterocycles. The van der Waals surface area contributed by atoms with E-state index in [-0.39, 0.29) is 6.10 Å². The summed E-state index contributed by atoms with van der Waals surface area (Å²) in [5.74, 6) is -0.392. The minimum atomic E-state index is -0.392. The molecule has 1 atom stereocenters. The highest BCUT2D eigenvalue weighted by Crippen LogP contribution is 2.35. The summed E-state index contributed by atoms with van der Waals surface area (Å²) in [6.07, 6.45) is 3.11. The summed E-state index contributed by atoms with van der Waals surface area (Å²) in [7, 11) is 3.44. The fourth-order valence-electron chi connectivity index (χ4n) is 3.63. The molecule has 30 heavy (non-hydrogen) atoms. The molecule has 1 aliphatic rings. The summed E-state index contributed by atoms with van der Waals surface area (Å²) in [4.78, 5) is 18.2. The van der Waals surface area contributed by atoms with Gasteiger partial charge in [0.05, 0.1) is 31.2 Å².